The summed E-state index contributed by atoms with van der Waals surface area (Å²) in [5.41, 5.74) is 4.73. The first-order chi connectivity index (χ1) is 14.1. The summed E-state index contributed by atoms with van der Waals surface area (Å²) in [7, 11) is -3.66. The molecule has 0 atom stereocenters. The van der Waals surface area contributed by atoms with E-state index < -0.39 is 10.0 Å². The van der Waals surface area contributed by atoms with Crippen molar-refractivity contribution in [2.45, 2.75) is 77.7 Å². The molecule has 6 nitrogen and oxygen atoms in total. The number of hydrogen-bond donors (Lipinski definition) is 1. The van der Waals surface area contributed by atoms with Crippen molar-refractivity contribution in [3.8, 4) is 0 Å². The minimum absolute atomic E-state index is 0.0356. The topological polar surface area (TPSA) is 69.7 Å². The molecule has 1 aromatic rings. The molecule has 3 rings (SSSR count). The summed E-state index contributed by atoms with van der Waals surface area (Å²) < 4.78 is 28.7. The Hall–Kier alpha value is -1.44. The van der Waals surface area contributed by atoms with Crippen LogP contribution in [0.4, 0.5) is 0 Å². The van der Waals surface area contributed by atoms with Crippen molar-refractivity contribution in [2.24, 2.45) is 0 Å². The van der Waals surface area contributed by atoms with Crippen molar-refractivity contribution in [1.29, 1.82) is 0 Å². The van der Waals surface area contributed by atoms with Crippen LogP contribution in [0.25, 0.3) is 0 Å². The molecular weight excluding hydrogens is 398 g/mol. The van der Waals surface area contributed by atoms with Gasteiger partial charge < -0.3 is 4.90 Å². The first-order valence-electron chi connectivity index (χ1n) is 11.2. The predicted molar refractivity (Wildman–Crippen MR) is 120 cm³/mol. The Morgan fingerprint density at radius 2 is 1.37 bits per heavy atom. The Bertz CT molecular complexity index is 868. The van der Waals surface area contributed by atoms with E-state index in [0.717, 1.165) is 54.0 Å². The van der Waals surface area contributed by atoms with Crippen molar-refractivity contribution < 1.29 is 13.2 Å². The highest BCUT2D eigenvalue weighted by atomic mass is 32.2. The van der Waals surface area contributed by atoms with Gasteiger partial charge in [-0.25, -0.2) is 13.1 Å². The van der Waals surface area contributed by atoms with Crippen molar-refractivity contribution in [3.05, 3.63) is 27.8 Å². The molecule has 2 fully saturated rings. The molecule has 0 unspecified atom stereocenters. The van der Waals surface area contributed by atoms with E-state index in [0.29, 0.717) is 10.9 Å². The Balaban J connectivity index is 1.55. The van der Waals surface area contributed by atoms with Crippen LogP contribution in [-0.2, 0) is 14.8 Å². The number of sulfonamides is 1. The molecule has 1 saturated heterocycles. The number of nitrogens with one attached hydrogen (secondary N) is 1. The number of rotatable bonds is 6. The van der Waals surface area contributed by atoms with Gasteiger partial charge in [-0.05, 0) is 75.3 Å². The number of hydrogen-bond acceptors (Lipinski definition) is 4. The van der Waals surface area contributed by atoms with Gasteiger partial charge in [0.1, 0.15) is 0 Å². The molecule has 1 amide bonds. The van der Waals surface area contributed by atoms with Gasteiger partial charge >= 0.3 is 0 Å². The van der Waals surface area contributed by atoms with Crippen LogP contribution in [0, 0.1) is 34.6 Å². The average Bonchev–Trinajstić information content (AvgIpc) is 3.25. The number of nitrogens with zero attached hydrogens (tertiary/aromatic N) is 2. The Kier molecular flexibility index (Phi) is 7.25. The van der Waals surface area contributed by atoms with Crippen LogP contribution in [-0.4, -0.2) is 62.9 Å². The second-order valence-corrected chi connectivity index (χ2v) is 10.7. The van der Waals surface area contributed by atoms with E-state index in [2.05, 4.69) is 9.62 Å². The van der Waals surface area contributed by atoms with Crippen molar-refractivity contribution in [2.75, 3.05) is 32.7 Å². The Morgan fingerprint density at radius 1 is 0.867 bits per heavy atom. The van der Waals surface area contributed by atoms with E-state index in [9.17, 15) is 13.2 Å². The summed E-state index contributed by atoms with van der Waals surface area (Å²) in [5.74, 6) is 0.0356. The van der Waals surface area contributed by atoms with E-state index in [1.54, 1.807) is 0 Å². The molecule has 1 heterocycles. The molecule has 30 heavy (non-hydrogen) atoms. The van der Waals surface area contributed by atoms with Crippen molar-refractivity contribution in [1.82, 2.24) is 14.5 Å². The van der Waals surface area contributed by atoms with E-state index in [1.165, 1.54) is 25.7 Å². The molecule has 0 aromatic heterocycles. The summed E-state index contributed by atoms with van der Waals surface area (Å²) >= 11 is 0. The normalized spacial score (nSPS) is 18.9. The van der Waals surface area contributed by atoms with Crippen molar-refractivity contribution in [3.63, 3.8) is 0 Å². The summed E-state index contributed by atoms with van der Waals surface area (Å²) in [5, 5.41) is 0. The largest absolute Gasteiger partial charge is 0.340 e. The Morgan fingerprint density at radius 3 is 1.90 bits per heavy atom. The van der Waals surface area contributed by atoms with Crippen LogP contribution in [0.2, 0.25) is 0 Å². The van der Waals surface area contributed by atoms with Gasteiger partial charge in [0.05, 0.1) is 4.90 Å². The van der Waals surface area contributed by atoms with Crippen LogP contribution in [0.3, 0.4) is 0 Å². The third kappa shape index (κ3) is 4.73. The molecule has 1 aliphatic carbocycles. The van der Waals surface area contributed by atoms with Crippen LogP contribution in [0.15, 0.2) is 4.90 Å². The fourth-order valence-corrected chi connectivity index (χ4v) is 6.62. The van der Waals surface area contributed by atoms with Gasteiger partial charge in [-0.2, -0.15) is 0 Å². The highest BCUT2D eigenvalue weighted by molar-refractivity contribution is 7.89. The van der Waals surface area contributed by atoms with E-state index >= 15 is 0 Å². The second kappa shape index (κ2) is 9.37. The zero-order valence-corrected chi connectivity index (χ0v) is 20.0. The highest BCUT2D eigenvalue weighted by Gasteiger charge is 2.28. The van der Waals surface area contributed by atoms with Gasteiger partial charge in [-0.3, -0.25) is 9.69 Å². The highest BCUT2D eigenvalue weighted by Crippen LogP contribution is 2.29. The standard InChI is InChI=1S/C23H37N3O3S/c1-16-17(2)19(4)23(20(5)18(16)3)30(28,29)24-11-10-22(27)26-14-12-25(13-15-26)21-8-6-7-9-21/h21,24H,6-15H2,1-5H3. The third-order valence-electron chi connectivity index (χ3n) is 7.34. The smallest absolute Gasteiger partial charge is 0.241 e. The lowest BCUT2D eigenvalue weighted by molar-refractivity contribution is -0.133. The summed E-state index contributed by atoms with van der Waals surface area (Å²) in [6.45, 7) is 13.2. The number of amides is 1. The molecule has 1 saturated carbocycles. The van der Waals surface area contributed by atoms with Gasteiger partial charge in [0.15, 0.2) is 0 Å². The monoisotopic (exact) mass is 435 g/mol. The predicted octanol–water partition coefficient (Wildman–Crippen LogP) is 2.98. The van der Waals surface area contributed by atoms with E-state index in [1.807, 2.05) is 39.5 Å². The minimum Gasteiger partial charge on any atom is -0.340 e. The molecule has 2 aliphatic rings. The van der Waals surface area contributed by atoms with E-state index in [-0.39, 0.29) is 18.9 Å². The SMILES string of the molecule is Cc1c(C)c(C)c(S(=O)(=O)NCCC(=O)N2CCN(C3CCCC3)CC2)c(C)c1C. The molecule has 168 valence electrons. The molecular formula is C23H37N3O3S. The summed E-state index contributed by atoms with van der Waals surface area (Å²) in [4.78, 5) is 17.4. The summed E-state index contributed by atoms with van der Waals surface area (Å²) in [6.07, 6.45) is 5.41. The van der Waals surface area contributed by atoms with E-state index in [4.69, 9.17) is 0 Å². The zero-order valence-electron chi connectivity index (χ0n) is 19.2. The van der Waals surface area contributed by atoms with Crippen LogP contribution < -0.4 is 4.72 Å². The third-order valence-corrected chi connectivity index (χ3v) is 9.07. The van der Waals surface area contributed by atoms with Crippen molar-refractivity contribution >= 4 is 15.9 Å². The second-order valence-electron chi connectivity index (χ2n) is 8.96. The number of carbonyl (C=O) groups is 1. The lowest BCUT2D eigenvalue weighted by atomic mass is 9.95. The van der Waals surface area contributed by atoms with Gasteiger partial charge in [-0.1, -0.05) is 12.8 Å². The minimum atomic E-state index is -3.66. The summed E-state index contributed by atoms with van der Waals surface area (Å²) in [6, 6.07) is 0.696. The number of piperazine rings is 1. The molecule has 1 aliphatic heterocycles. The fraction of sp³-hybridized carbons (Fsp3) is 0.696. The number of benzene rings is 1. The van der Waals surface area contributed by atoms with Gasteiger partial charge in [0.2, 0.25) is 15.9 Å². The zero-order chi connectivity index (χ0) is 22.1. The maximum absolute atomic E-state index is 13.0. The lowest BCUT2D eigenvalue weighted by Gasteiger charge is -2.38. The van der Waals surface area contributed by atoms with Gasteiger partial charge in [0.25, 0.3) is 0 Å². The van der Waals surface area contributed by atoms with Crippen LogP contribution in [0.1, 0.15) is 59.9 Å². The maximum atomic E-state index is 13.0. The van der Waals surface area contributed by atoms with Gasteiger partial charge in [0, 0.05) is 45.2 Å². The number of carbonyl (C=O) groups excluding carboxylic acids is 1. The quantitative estimate of drug-likeness (QED) is 0.746. The van der Waals surface area contributed by atoms with Gasteiger partial charge in [-0.15, -0.1) is 0 Å². The molecule has 1 aromatic carbocycles. The molecule has 1 N–H and O–H groups in total. The fourth-order valence-electron chi connectivity index (χ4n) is 5.00. The first-order valence-corrected chi connectivity index (χ1v) is 12.7. The Labute approximate surface area is 182 Å². The van der Waals surface area contributed by atoms with Crippen LogP contribution in [0.5, 0.6) is 0 Å². The lowest BCUT2D eigenvalue weighted by Crippen LogP contribution is -2.51. The molecule has 0 bridgehead atoms. The molecule has 7 heteroatoms. The van der Waals surface area contributed by atoms with Crippen LogP contribution >= 0.6 is 0 Å². The average molecular weight is 436 g/mol. The molecule has 0 radical (unpaired) electrons. The first kappa shape index (κ1) is 23.2. The molecule has 0 spiro atoms. The maximum Gasteiger partial charge on any atom is 0.241 e.